The van der Waals surface area contributed by atoms with Crippen LogP contribution in [0, 0.1) is 0 Å². The first-order valence-electron chi connectivity index (χ1n) is 9.61. The molecule has 3 aromatic carbocycles. The fourth-order valence-electron chi connectivity index (χ4n) is 3.52. The highest BCUT2D eigenvalue weighted by molar-refractivity contribution is 6.24. The van der Waals surface area contributed by atoms with Crippen molar-refractivity contribution in [2.24, 2.45) is 0 Å². The molecule has 3 nitrogen and oxygen atoms in total. The molecule has 0 N–H and O–H groups in total. The Morgan fingerprint density at radius 3 is 0.966 bits per heavy atom. The van der Waals surface area contributed by atoms with E-state index in [0.29, 0.717) is 0 Å². The van der Waals surface area contributed by atoms with E-state index in [-0.39, 0.29) is 0 Å². The van der Waals surface area contributed by atoms with Gasteiger partial charge in [0.1, 0.15) is 17.2 Å². The molecule has 0 spiro atoms. The number of alkyl halides is 1. The molecule has 0 atom stereocenters. The number of halogens is 1. The lowest BCUT2D eigenvalue weighted by Gasteiger charge is -2.28. The molecular weight excluding hydrogens is 384 g/mol. The summed E-state index contributed by atoms with van der Waals surface area (Å²) in [5, 5.41) is 0. The second-order valence-electron chi connectivity index (χ2n) is 7.23. The normalized spacial score (nSPS) is 11.2. The van der Waals surface area contributed by atoms with Crippen LogP contribution in [0.4, 0.5) is 0 Å². The third-order valence-corrected chi connectivity index (χ3v) is 5.44. The second kappa shape index (κ2) is 9.71. The van der Waals surface area contributed by atoms with Crippen molar-refractivity contribution < 1.29 is 14.2 Å². The summed E-state index contributed by atoms with van der Waals surface area (Å²) in [6, 6.07) is 24.4. The maximum atomic E-state index is 7.27. The lowest BCUT2D eigenvalue weighted by Crippen LogP contribution is -2.30. The lowest BCUT2D eigenvalue weighted by atomic mass is 9.86. The van der Waals surface area contributed by atoms with Crippen LogP contribution in [0.5, 0.6) is 17.2 Å². The zero-order valence-corrected chi connectivity index (χ0v) is 17.9. The van der Waals surface area contributed by atoms with Gasteiger partial charge in [-0.25, -0.2) is 0 Å². The highest BCUT2D eigenvalue weighted by Crippen LogP contribution is 2.32. The van der Waals surface area contributed by atoms with E-state index in [1.807, 2.05) is 36.4 Å². The SMILES string of the molecule is COc1ccc(CC(Cl)(Cc2ccc(OC)cc2)Cc2ccc(OC)cc2)cc1. The molecule has 0 fully saturated rings. The largest absolute Gasteiger partial charge is 0.497 e. The van der Waals surface area contributed by atoms with Gasteiger partial charge in [-0.1, -0.05) is 36.4 Å². The molecule has 0 heterocycles. The van der Waals surface area contributed by atoms with E-state index in [4.69, 9.17) is 25.8 Å². The smallest absolute Gasteiger partial charge is 0.118 e. The number of ether oxygens (including phenoxy) is 3. The molecule has 29 heavy (non-hydrogen) atoms. The Bertz CT molecular complexity index is 766. The van der Waals surface area contributed by atoms with Gasteiger partial charge in [0.25, 0.3) is 0 Å². The zero-order chi connectivity index (χ0) is 20.7. The fraction of sp³-hybridized carbons (Fsp3) is 0.280. The van der Waals surface area contributed by atoms with Crippen LogP contribution in [0.15, 0.2) is 72.8 Å². The van der Waals surface area contributed by atoms with Gasteiger partial charge >= 0.3 is 0 Å². The molecule has 0 saturated heterocycles. The molecule has 0 radical (unpaired) electrons. The van der Waals surface area contributed by atoms with Crippen molar-refractivity contribution in [3.05, 3.63) is 89.5 Å². The van der Waals surface area contributed by atoms with Gasteiger partial charge in [-0.05, 0) is 72.4 Å². The summed E-state index contributed by atoms with van der Waals surface area (Å²) in [4.78, 5) is -0.461. The van der Waals surface area contributed by atoms with Crippen molar-refractivity contribution in [3.8, 4) is 17.2 Å². The van der Waals surface area contributed by atoms with E-state index >= 15 is 0 Å². The van der Waals surface area contributed by atoms with Crippen molar-refractivity contribution in [3.63, 3.8) is 0 Å². The highest BCUT2D eigenvalue weighted by Gasteiger charge is 2.29. The van der Waals surface area contributed by atoms with Crippen LogP contribution in [-0.4, -0.2) is 26.2 Å². The zero-order valence-electron chi connectivity index (χ0n) is 17.2. The lowest BCUT2D eigenvalue weighted by molar-refractivity contribution is 0.414. The van der Waals surface area contributed by atoms with Crippen LogP contribution in [-0.2, 0) is 19.3 Å². The summed E-state index contributed by atoms with van der Waals surface area (Å²) in [6.45, 7) is 0. The van der Waals surface area contributed by atoms with E-state index in [0.717, 1.165) is 36.5 Å². The first-order chi connectivity index (χ1) is 14.0. The van der Waals surface area contributed by atoms with Crippen molar-refractivity contribution in [2.75, 3.05) is 21.3 Å². The van der Waals surface area contributed by atoms with Crippen LogP contribution in [0.25, 0.3) is 0 Å². The van der Waals surface area contributed by atoms with E-state index in [1.54, 1.807) is 21.3 Å². The molecule has 3 rings (SSSR count). The summed E-state index contributed by atoms with van der Waals surface area (Å²) in [6.07, 6.45) is 2.24. The van der Waals surface area contributed by atoms with Crippen LogP contribution >= 0.6 is 11.6 Å². The average molecular weight is 411 g/mol. The predicted molar refractivity (Wildman–Crippen MR) is 119 cm³/mol. The standard InChI is InChI=1S/C25H27ClO3/c1-27-22-10-4-19(5-11-22)16-25(26,17-20-6-12-23(28-2)13-7-20)18-21-8-14-24(29-3)15-9-21/h4-15H,16-18H2,1-3H3. The van der Waals surface area contributed by atoms with Crippen molar-refractivity contribution in [1.29, 1.82) is 0 Å². The number of methoxy groups -OCH3 is 3. The third-order valence-electron chi connectivity index (χ3n) is 5.04. The molecule has 0 saturated carbocycles. The van der Waals surface area contributed by atoms with E-state index < -0.39 is 4.87 Å². The first kappa shape index (κ1) is 21.1. The van der Waals surface area contributed by atoms with Gasteiger partial charge in [0.2, 0.25) is 0 Å². The van der Waals surface area contributed by atoms with Crippen molar-refractivity contribution >= 4 is 11.6 Å². The monoisotopic (exact) mass is 410 g/mol. The van der Waals surface area contributed by atoms with E-state index in [1.165, 1.54) is 16.7 Å². The summed E-state index contributed by atoms with van der Waals surface area (Å²) in [5.74, 6) is 2.54. The molecule has 0 amide bonds. The number of rotatable bonds is 9. The molecule has 0 aliphatic rings. The van der Waals surface area contributed by atoms with Crippen LogP contribution in [0.2, 0.25) is 0 Å². The summed E-state index contributed by atoms with van der Waals surface area (Å²) >= 11 is 7.27. The Hall–Kier alpha value is -2.65. The molecule has 0 aromatic heterocycles. The summed E-state index contributed by atoms with van der Waals surface area (Å²) in [5.41, 5.74) is 3.55. The maximum absolute atomic E-state index is 7.27. The Labute approximate surface area is 178 Å². The van der Waals surface area contributed by atoms with Gasteiger partial charge in [0.05, 0.1) is 26.2 Å². The van der Waals surface area contributed by atoms with E-state index in [9.17, 15) is 0 Å². The number of hydrogen-bond donors (Lipinski definition) is 0. The summed E-state index contributed by atoms with van der Waals surface area (Å²) in [7, 11) is 5.02. The van der Waals surface area contributed by atoms with Gasteiger partial charge < -0.3 is 14.2 Å². The summed E-state index contributed by atoms with van der Waals surface area (Å²) < 4.78 is 15.8. The second-order valence-corrected chi connectivity index (χ2v) is 8.03. The number of benzene rings is 3. The molecule has 0 aliphatic heterocycles. The van der Waals surface area contributed by atoms with Crippen LogP contribution < -0.4 is 14.2 Å². The van der Waals surface area contributed by atoms with Gasteiger partial charge in [-0.3, -0.25) is 0 Å². The molecule has 3 aromatic rings. The predicted octanol–water partition coefficient (Wildman–Crippen LogP) is 5.72. The van der Waals surface area contributed by atoms with Crippen LogP contribution in [0.3, 0.4) is 0 Å². The van der Waals surface area contributed by atoms with E-state index in [2.05, 4.69) is 36.4 Å². The van der Waals surface area contributed by atoms with Gasteiger partial charge in [0, 0.05) is 0 Å². The topological polar surface area (TPSA) is 27.7 Å². The van der Waals surface area contributed by atoms with Crippen molar-refractivity contribution in [1.82, 2.24) is 0 Å². The average Bonchev–Trinajstić information content (AvgIpc) is 2.75. The maximum Gasteiger partial charge on any atom is 0.118 e. The minimum absolute atomic E-state index is 0.461. The Balaban J connectivity index is 1.84. The van der Waals surface area contributed by atoms with Gasteiger partial charge in [0.15, 0.2) is 0 Å². The van der Waals surface area contributed by atoms with Crippen molar-refractivity contribution in [2.45, 2.75) is 24.1 Å². The molecule has 0 bridgehead atoms. The highest BCUT2D eigenvalue weighted by atomic mass is 35.5. The minimum Gasteiger partial charge on any atom is -0.497 e. The quantitative estimate of drug-likeness (QED) is 0.422. The van der Waals surface area contributed by atoms with Crippen LogP contribution in [0.1, 0.15) is 16.7 Å². The number of hydrogen-bond acceptors (Lipinski definition) is 3. The Morgan fingerprint density at radius 1 is 0.517 bits per heavy atom. The van der Waals surface area contributed by atoms with Gasteiger partial charge in [-0.2, -0.15) is 0 Å². The third kappa shape index (κ3) is 5.91. The molecular formula is C25H27ClO3. The Kier molecular flexibility index (Phi) is 7.05. The minimum atomic E-state index is -0.461. The van der Waals surface area contributed by atoms with Gasteiger partial charge in [-0.15, -0.1) is 11.6 Å². The molecule has 0 aliphatic carbocycles. The fourth-order valence-corrected chi connectivity index (χ4v) is 3.98. The molecule has 152 valence electrons. The molecule has 4 heteroatoms. The first-order valence-corrected chi connectivity index (χ1v) is 9.99. The molecule has 0 unspecified atom stereocenters. The Morgan fingerprint density at radius 2 is 0.759 bits per heavy atom.